The van der Waals surface area contributed by atoms with Gasteiger partial charge in [-0.25, -0.2) is 9.59 Å². The molecule has 0 spiro atoms. The number of carbonyl (C=O) groups excluding carboxylic acids is 12. The number of carboxylic acid groups (broad SMARTS) is 3. The van der Waals surface area contributed by atoms with Crippen molar-refractivity contribution in [1.29, 1.82) is 0 Å². The summed E-state index contributed by atoms with van der Waals surface area (Å²) < 4.78 is 30.5. The van der Waals surface area contributed by atoms with Crippen LogP contribution < -0.4 is 58.0 Å². The zero-order valence-corrected chi connectivity index (χ0v) is 89.4. The largest absolute Gasteiger partial charge is 0.519 e. The number of ketones is 4. The molecule has 0 fully saturated rings. The van der Waals surface area contributed by atoms with Gasteiger partial charge in [0.05, 0.1) is 71.0 Å². The van der Waals surface area contributed by atoms with E-state index in [1.54, 1.807) is 90.1 Å². The molecule has 0 unspecified atom stereocenters. The highest BCUT2D eigenvalue weighted by Gasteiger charge is 2.25. The van der Waals surface area contributed by atoms with Crippen LogP contribution in [0.25, 0.3) is 0 Å². The van der Waals surface area contributed by atoms with Gasteiger partial charge in [0, 0.05) is 45.5 Å². The van der Waals surface area contributed by atoms with E-state index in [1.165, 1.54) is 29.6 Å². The van der Waals surface area contributed by atoms with Gasteiger partial charge in [0.1, 0.15) is 22.4 Å². The number of aryl methyl sites for hydroxylation is 4. The molecular weight excluding hydrogens is 2090 g/mol. The number of benzene rings is 7. The van der Waals surface area contributed by atoms with E-state index < -0.39 is 52.6 Å². The van der Waals surface area contributed by atoms with Crippen LogP contribution in [0.5, 0.6) is 0 Å². The molecule has 26 N–H and O–H groups in total. The van der Waals surface area contributed by atoms with Gasteiger partial charge in [0.15, 0.2) is 23.1 Å². The second kappa shape index (κ2) is 74.1. The molecule has 4 amide bonds. The highest BCUT2D eigenvalue weighted by atomic mass is 127. The monoisotopic (exact) mass is 2230 g/mol. The number of carboxylic acids is 3. The molecule has 0 aliphatic rings. The van der Waals surface area contributed by atoms with E-state index in [9.17, 15) is 71.9 Å². The Bertz CT molecular complexity index is 5090. The molecule has 0 saturated carbocycles. The summed E-state index contributed by atoms with van der Waals surface area (Å²) in [6.07, 6.45) is 2.96. The third-order valence-corrected chi connectivity index (χ3v) is 20.3. The average Bonchev–Trinajstić information content (AvgIpc) is 1.62. The van der Waals surface area contributed by atoms with Crippen LogP contribution in [0.15, 0.2) is 194 Å². The van der Waals surface area contributed by atoms with Crippen LogP contribution in [0.1, 0.15) is 234 Å². The Labute approximate surface area is 874 Å². The molecule has 0 bridgehead atoms. The standard InChI is InChI=1S/C17H18N2O3S.C17H17NO3S.C15H21NO3.C15H20O4.C10H18O5.C9H9BrO2.C9H12N2O.C9H11NO2.CH3I.2ClH.H4N2.H3N.H2O/c18-10-14(21)16-8-7-15(23-16)13(20)6-5-11-1-3-12(4-2-11)9-17(19)22;1-11(19)15-8-9-16(22-15)14(20)7-6-12-2-4-13(5-3-12)10-17(18)21;2*1-15(2,3)19-14(18)9-8-11-4-6-12(7-5-11)10-13(16)17;1-9(2,3)14-7(11)13-8(12)15-10(4,5)6;3*10-6-8-3-1-7(2-4-8)5-9(11)12;1-2;;;1-2;;/h1-4,7-8H,5-6,9-10,18H2,(H2,19,22);2-5,8-9H,6-7,10H2,1H3,(H2,18,21);4-7H,8-10H2,1-3H3,(H2,16,17);4-7H,8-10H2,1-3H3,(H,16,17);1-6H3;1-4H,5-6H2,(H,11,12);1-4H,5-6,10H2,(H2,11,12);1-4H,5-6,10H2,(H,11,12);1H3;2*1H;1-2H2;1H3;1H2/i;;;;;;;;1D;;;;;. The van der Waals surface area contributed by atoms with E-state index in [0.717, 1.165) is 83.2 Å². The lowest BCUT2D eigenvalue weighted by molar-refractivity contribution is -0.155. The lowest BCUT2D eigenvalue weighted by atomic mass is 10.0. The number of ether oxygens (including phenoxy) is 5. The van der Waals surface area contributed by atoms with E-state index in [0.29, 0.717) is 95.3 Å². The normalized spacial score (nSPS) is 10.2. The predicted octanol–water partition coefficient (Wildman–Crippen LogP) is 15.2. The number of Topliss-reactive ketones (excluding diaryl/α,β-unsaturated/α-hetero) is 4. The van der Waals surface area contributed by atoms with Crippen molar-refractivity contribution in [1.82, 2.24) is 6.15 Å². The molecule has 2 aromatic heterocycles. The van der Waals surface area contributed by atoms with Gasteiger partial charge in [-0.1, -0.05) is 208 Å². The average molecular weight is 2230 g/mol. The number of alkyl halides is 2. The molecule has 0 aliphatic heterocycles. The number of hydrogen-bond donors (Lipinski definition) is 13. The molecule has 0 radical (unpaired) electrons. The van der Waals surface area contributed by atoms with Crippen LogP contribution >= 0.6 is 86.0 Å². The number of rotatable bonds is 34. The summed E-state index contributed by atoms with van der Waals surface area (Å²) in [5.74, 6) is 3.63. The first-order valence-corrected chi connectivity index (χ1v) is 47.4. The maximum atomic E-state index is 12.2. The van der Waals surface area contributed by atoms with Crippen LogP contribution in [0.3, 0.4) is 0 Å². The first kappa shape index (κ1) is 136. The van der Waals surface area contributed by atoms with E-state index in [1.807, 2.05) is 210 Å². The summed E-state index contributed by atoms with van der Waals surface area (Å²) in [7, 11) is 0. The van der Waals surface area contributed by atoms with Gasteiger partial charge < -0.3 is 90.8 Å². The van der Waals surface area contributed by atoms with Crippen molar-refractivity contribution in [3.63, 3.8) is 0 Å². The molecule has 142 heavy (non-hydrogen) atoms. The number of carbonyl (C=O) groups is 15. The summed E-state index contributed by atoms with van der Waals surface area (Å²) in [4.78, 5) is 169. The van der Waals surface area contributed by atoms with Crippen molar-refractivity contribution in [3.05, 3.63) is 292 Å². The molecule has 9 rings (SSSR count). The number of hydrogen-bond acceptors (Lipinski definition) is 28. The summed E-state index contributed by atoms with van der Waals surface area (Å²) in [5, 5.41) is 26.4. The van der Waals surface area contributed by atoms with Crippen molar-refractivity contribution < 1.29 is 118 Å². The molecule has 34 nitrogen and oxygen atoms in total. The van der Waals surface area contributed by atoms with Crippen LogP contribution in [0, 0.1) is 0 Å². The Morgan fingerprint density at radius 1 is 0.331 bits per heavy atom. The van der Waals surface area contributed by atoms with E-state index >= 15 is 0 Å². The lowest BCUT2D eigenvalue weighted by Gasteiger charge is -2.20. The van der Waals surface area contributed by atoms with Crippen LogP contribution in [-0.4, -0.2) is 144 Å². The minimum atomic E-state index is -1.06. The van der Waals surface area contributed by atoms with Gasteiger partial charge in [-0.15, -0.1) is 47.5 Å². The van der Waals surface area contributed by atoms with Gasteiger partial charge in [0.2, 0.25) is 23.6 Å². The molecular formula is C102H140BrCl2IN10O24S2. The number of nitrogens with two attached hydrogens (primary N) is 9. The minimum absolute atomic E-state index is 0. The highest BCUT2D eigenvalue weighted by molar-refractivity contribution is 14.1. The topological polar surface area (TPSA) is 664 Å². The summed E-state index contributed by atoms with van der Waals surface area (Å²) in [6, 6.07) is 58.8. The third-order valence-electron chi connectivity index (χ3n) is 17.2. The maximum absolute atomic E-state index is 12.2. The Morgan fingerprint density at radius 3 is 0.725 bits per heavy atom. The minimum Gasteiger partial charge on any atom is -0.481 e. The zero-order valence-electron chi connectivity index (χ0n) is 83.4. The molecule has 0 saturated heterocycles. The number of primary amides is 4. The molecule has 9 aromatic rings. The van der Waals surface area contributed by atoms with Crippen LogP contribution in [0.4, 0.5) is 9.59 Å². The summed E-state index contributed by atoms with van der Waals surface area (Å²) in [6.45, 7) is 23.6. The Morgan fingerprint density at radius 2 is 0.528 bits per heavy atom. The second-order valence-corrected chi connectivity index (χ2v) is 36.8. The van der Waals surface area contributed by atoms with E-state index in [-0.39, 0.29) is 140 Å². The van der Waals surface area contributed by atoms with Gasteiger partial charge in [-0.05, 0) is 223 Å². The van der Waals surface area contributed by atoms with Crippen molar-refractivity contribution in [2.45, 2.75) is 227 Å². The maximum Gasteiger partial charge on any atom is 0.519 e. The molecule has 782 valence electrons. The number of aliphatic carboxylic acids is 3. The Balaban J connectivity index is -0.000000507. The molecule has 0 aliphatic carbocycles. The van der Waals surface area contributed by atoms with Gasteiger partial charge in [-0.3, -0.25) is 74.0 Å². The first-order chi connectivity index (χ1) is 65.0. The second-order valence-electron chi connectivity index (χ2n) is 34.1. The smallest absolute Gasteiger partial charge is 0.481 e. The van der Waals surface area contributed by atoms with E-state index in [4.69, 9.17) is 75.8 Å². The van der Waals surface area contributed by atoms with Gasteiger partial charge in [-0.2, -0.15) is 0 Å². The number of esters is 2. The van der Waals surface area contributed by atoms with Crippen molar-refractivity contribution >= 4 is 175 Å². The van der Waals surface area contributed by atoms with Crippen molar-refractivity contribution in [3.8, 4) is 0 Å². The van der Waals surface area contributed by atoms with Crippen molar-refractivity contribution in [2.24, 2.45) is 51.8 Å². The predicted molar refractivity (Wildman–Crippen MR) is 570 cm³/mol. The van der Waals surface area contributed by atoms with Gasteiger partial charge in [0.25, 0.3) is 0 Å². The molecule has 2 heterocycles. The molecule has 7 aromatic carbocycles. The fourth-order valence-corrected chi connectivity index (χ4v) is 13.2. The van der Waals surface area contributed by atoms with E-state index in [2.05, 4.69) is 32.4 Å². The van der Waals surface area contributed by atoms with Crippen molar-refractivity contribution in [2.75, 3.05) is 11.5 Å². The first-order valence-electron chi connectivity index (χ1n) is 43.8. The van der Waals surface area contributed by atoms with Crippen LogP contribution in [0.2, 0.25) is 0 Å². The molecule has 0 atom stereocenters. The third kappa shape index (κ3) is 69.9. The van der Waals surface area contributed by atoms with Gasteiger partial charge >= 0.3 is 42.2 Å². The summed E-state index contributed by atoms with van der Waals surface area (Å²) >= 11 is 7.70. The Kier molecular flexibility index (Phi) is 71.1. The number of halogens is 4. The summed E-state index contributed by atoms with van der Waals surface area (Å²) in [5.41, 5.74) is 47.5. The fourth-order valence-electron chi connectivity index (χ4n) is 11.0. The number of amides is 4. The SMILES string of the molecule is CC(=O)c1ccc(C(=O)CCc2ccc(CC(N)=O)cc2)s1.CC(C)(C)OC(=O)CCc1ccc(CC(=O)O)cc1.CC(C)(C)OC(=O)CCc1ccc(CC(N)=O)cc1.CC(C)(C)OC(=O)OC(=O)OC(C)(C)C.Cl.Cl.N.NCC(=O)c1ccc(C(=O)CCc2ccc(CC(N)=O)cc2)s1.NCc1ccc(CC(=O)O)cc1.NCc1ccc(CC(N)=O)cc1.NN.O.O=C(O)Cc1ccc(CBr)cc1.[2H]CI. The fraction of sp³-hybridized carbons (Fsp3) is 0.363. The Hall–Kier alpha value is -11.9. The zero-order chi connectivity index (χ0) is 106. The quantitative estimate of drug-likeness (QED) is 0.00260. The van der Waals surface area contributed by atoms with Crippen LogP contribution in [-0.2, 0) is 156 Å². The highest BCUT2D eigenvalue weighted by Crippen LogP contribution is 2.24. The lowest BCUT2D eigenvalue weighted by Crippen LogP contribution is -2.29. The molecule has 40 heteroatoms. The number of thiophene rings is 2. The number of hydrazine groups is 1.